The molecule has 112 valence electrons. The summed E-state index contributed by atoms with van der Waals surface area (Å²) in [5.74, 6) is 0.585. The van der Waals surface area contributed by atoms with Crippen LogP contribution in [0.3, 0.4) is 0 Å². The van der Waals surface area contributed by atoms with Crippen molar-refractivity contribution < 1.29 is 14.2 Å². The summed E-state index contributed by atoms with van der Waals surface area (Å²) in [6, 6.07) is 10.00. The van der Waals surface area contributed by atoms with E-state index in [0.717, 1.165) is 11.1 Å². The maximum atomic E-state index is 12.5. The molecule has 0 aliphatic carbocycles. The maximum absolute atomic E-state index is 12.5. The number of rotatable bonds is 6. The van der Waals surface area contributed by atoms with E-state index in [1.807, 2.05) is 25.1 Å². The minimum atomic E-state index is -0.998. The number of pyridine rings is 1. The number of aromatic nitrogens is 1. The van der Waals surface area contributed by atoms with Crippen molar-refractivity contribution in [2.24, 2.45) is 5.73 Å². The first kappa shape index (κ1) is 15.4. The van der Waals surface area contributed by atoms with Crippen LogP contribution in [0.25, 0.3) is 11.1 Å². The molecule has 0 radical (unpaired) electrons. The van der Waals surface area contributed by atoms with E-state index >= 15 is 0 Å². The van der Waals surface area contributed by atoms with Crippen molar-refractivity contribution in [1.82, 2.24) is 4.98 Å². The summed E-state index contributed by atoms with van der Waals surface area (Å²) in [5, 5.41) is 9.85. The molecule has 0 fully saturated rings. The van der Waals surface area contributed by atoms with Gasteiger partial charge in [0.1, 0.15) is 6.67 Å². The van der Waals surface area contributed by atoms with E-state index < -0.39 is 18.8 Å². The smallest absolute Gasteiger partial charge is 0.213 e. The van der Waals surface area contributed by atoms with Crippen molar-refractivity contribution in [3.8, 4) is 17.0 Å². The monoisotopic (exact) mass is 290 g/mol. The summed E-state index contributed by atoms with van der Waals surface area (Å²) < 4.78 is 17.8. The van der Waals surface area contributed by atoms with Crippen LogP contribution in [0.5, 0.6) is 5.88 Å². The number of hydrogen-bond donors (Lipinski definition) is 2. The van der Waals surface area contributed by atoms with Gasteiger partial charge in [0.25, 0.3) is 0 Å². The molecule has 0 amide bonds. The quantitative estimate of drug-likeness (QED) is 0.857. The molecule has 4 nitrogen and oxygen atoms in total. The molecular formula is C16H19FN2O2. The van der Waals surface area contributed by atoms with Crippen molar-refractivity contribution in [2.45, 2.75) is 19.1 Å². The number of aliphatic hydroxyl groups is 1. The predicted octanol–water partition coefficient (Wildman–Crippen LogP) is 2.48. The Hall–Kier alpha value is -1.98. The molecule has 2 aromatic rings. The average Bonchev–Trinajstić information content (AvgIpc) is 2.54. The molecule has 0 aliphatic rings. The molecule has 5 heteroatoms. The summed E-state index contributed by atoms with van der Waals surface area (Å²) in [5.41, 5.74) is 7.99. The molecule has 0 saturated carbocycles. The van der Waals surface area contributed by atoms with Gasteiger partial charge in [-0.15, -0.1) is 0 Å². The highest BCUT2D eigenvalue weighted by atomic mass is 19.1. The summed E-state index contributed by atoms with van der Waals surface area (Å²) in [6.07, 6.45) is 0.728. The molecule has 0 bridgehead atoms. The zero-order valence-corrected chi connectivity index (χ0v) is 11.9. The van der Waals surface area contributed by atoms with Gasteiger partial charge in [-0.2, -0.15) is 0 Å². The molecule has 2 atom stereocenters. The Bertz CT molecular complexity index is 557. The van der Waals surface area contributed by atoms with Gasteiger partial charge < -0.3 is 15.6 Å². The first-order valence-electron chi connectivity index (χ1n) is 6.84. The molecule has 1 heterocycles. The van der Waals surface area contributed by atoms with E-state index in [4.69, 9.17) is 10.5 Å². The Kier molecular flexibility index (Phi) is 5.25. The minimum Gasteiger partial charge on any atom is -0.478 e. The van der Waals surface area contributed by atoms with Crippen LogP contribution >= 0.6 is 0 Å². The molecule has 0 saturated heterocycles. The van der Waals surface area contributed by atoms with Crippen molar-refractivity contribution in [3.05, 3.63) is 48.2 Å². The predicted molar refractivity (Wildman–Crippen MR) is 79.8 cm³/mol. The third kappa shape index (κ3) is 3.77. The SMILES string of the molecule is CCOc1ccc(-c2ccc([C@@H](O)[C@H](N)CF)cc2)cn1. The molecule has 2 rings (SSSR count). The van der Waals surface area contributed by atoms with E-state index in [1.54, 1.807) is 24.4 Å². The lowest BCUT2D eigenvalue weighted by Crippen LogP contribution is -2.30. The van der Waals surface area contributed by atoms with Gasteiger partial charge in [0, 0.05) is 17.8 Å². The molecular weight excluding hydrogens is 271 g/mol. The second-order valence-corrected chi connectivity index (χ2v) is 4.70. The van der Waals surface area contributed by atoms with Gasteiger partial charge in [-0.1, -0.05) is 24.3 Å². The summed E-state index contributed by atoms with van der Waals surface area (Å²) in [4.78, 5) is 4.20. The highest BCUT2D eigenvalue weighted by Crippen LogP contribution is 2.23. The van der Waals surface area contributed by atoms with Gasteiger partial charge in [0.05, 0.1) is 18.8 Å². The van der Waals surface area contributed by atoms with Crippen LogP contribution in [0.2, 0.25) is 0 Å². The van der Waals surface area contributed by atoms with E-state index in [9.17, 15) is 9.50 Å². The van der Waals surface area contributed by atoms with Crippen LogP contribution in [0, 0.1) is 0 Å². The topological polar surface area (TPSA) is 68.4 Å². The van der Waals surface area contributed by atoms with E-state index in [0.29, 0.717) is 18.1 Å². The van der Waals surface area contributed by atoms with Crippen LogP contribution in [0.15, 0.2) is 42.6 Å². The largest absolute Gasteiger partial charge is 0.478 e. The number of nitrogens with zero attached hydrogens (tertiary/aromatic N) is 1. The van der Waals surface area contributed by atoms with Gasteiger partial charge in [0.2, 0.25) is 5.88 Å². The number of hydrogen-bond acceptors (Lipinski definition) is 4. The summed E-state index contributed by atoms with van der Waals surface area (Å²) >= 11 is 0. The molecule has 1 aromatic carbocycles. The zero-order chi connectivity index (χ0) is 15.2. The maximum Gasteiger partial charge on any atom is 0.213 e. The van der Waals surface area contributed by atoms with Gasteiger partial charge in [-0.05, 0) is 24.1 Å². The molecule has 3 N–H and O–H groups in total. The lowest BCUT2D eigenvalue weighted by Gasteiger charge is -2.16. The van der Waals surface area contributed by atoms with Crippen molar-refractivity contribution >= 4 is 0 Å². The van der Waals surface area contributed by atoms with Crippen LogP contribution in [0.1, 0.15) is 18.6 Å². The Labute approximate surface area is 123 Å². The first-order valence-corrected chi connectivity index (χ1v) is 6.84. The summed E-state index contributed by atoms with van der Waals surface area (Å²) in [6.45, 7) is 1.72. The zero-order valence-electron chi connectivity index (χ0n) is 11.9. The second-order valence-electron chi connectivity index (χ2n) is 4.70. The van der Waals surface area contributed by atoms with Crippen molar-refractivity contribution in [3.63, 3.8) is 0 Å². The highest BCUT2D eigenvalue weighted by Gasteiger charge is 2.16. The number of alkyl halides is 1. The number of benzene rings is 1. The third-order valence-electron chi connectivity index (χ3n) is 3.20. The van der Waals surface area contributed by atoms with E-state index in [1.165, 1.54) is 0 Å². The Morgan fingerprint density at radius 2 is 1.86 bits per heavy atom. The lowest BCUT2D eigenvalue weighted by molar-refractivity contribution is 0.132. The lowest BCUT2D eigenvalue weighted by atomic mass is 10.00. The molecule has 0 aliphatic heterocycles. The Morgan fingerprint density at radius 3 is 2.38 bits per heavy atom. The van der Waals surface area contributed by atoms with Gasteiger partial charge in [0.15, 0.2) is 0 Å². The molecule has 0 unspecified atom stereocenters. The fourth-order valence-electron chi connectivity index (χ4n) is 1.99. The Balaban J connectivity index is 2.14. The van der Waals surface area contributed by atoms with E-state index in [2.05, 4.69) is 4.98 Å². The standard InChI is InChI=1S/C16H19FN2O2/c1-2-21-15-8-7-13(10-19-15)11-3-5-12(6-4-11)16(20)14(18)9-17/h3-8,10,14,16,20H,2,9,18H2,1H3/t14-,16-/m1/s1. The van der Waals surface area contributed by atoms with Gasteiger partial charge >= 0.3 is 0 Å². The second kappa shape index (κ2) is 7.15. The van der Waals surface area contributed by atoms with Crippen molar-refractivity contribution in [2.75, 3.05) is 13.3 Å². The number of ether oxygens (including phenoxy) is 1. The van der Waals surface area contributed by atoms with Crippen LogP contribution < -0.4 is 10.5 Å². The number of nitrogens with two attached hydrogens (primary N) is 1. The fourth-order valence-corrected chi connectivity index (χ4v) is 1.99. The molecule has 0 spiro atoms. The summed E-state index contributed by atoms with van der Waals surface area (Å²) in [7, 11) is 0. The van der Waals surface area contributed by atoms with E-state index in [-0.39, 0.29) is 0 Å². The normalized spacial score (nSPS) is 13.7. The number of aliphatic hydroxyl groups excluding tert-OH is 1. The number of halogens is 1. The Morgan fingerprint density at radius 1 is 1.19 bits per heavy atom. The average molecular weight is 290 g/mol. The van der Waals surface area contributed by atoms with Gasteiger partial charge in [-0.3, -0.25) is 0 Å². The third-order valence-corrected chi connectivity index (χ3v) is 3.20. The minimum absolute atomic E-state index is 0.577. The van der Waals surface area contributed by atoms with Gasteiger partial charge in [-0.25, -0.2) is 9.37 Å². The van der Waals surface area contributed by atoms with Crippen LogP contribution in [0.4, 0.5) is 4.39 Å². The van der Waals surface area contributed by atoms with Crippen LogP contribution in [-0.2, 0) is 0 Å². The first-order chi connectivity index (χ1) is 10.2. The molecule has 21 heavy (non-hydrogen) atoms. The van der Waals surface area contributed by atoms with Crippen LogP contribution in [-0.4, -0.2) is 29.4 Å². The molecule has 1 aromatic heterocycles. The highest BCUT2D eigenvalue weighted by molar-refractivity contribution is 5.63. The fraction of sp³-hybridized carbons (Fsp3) is 0.312. The van der Waals surface area contributed by atoms with Crippen molar-refractivity contribution in [1.29, 1.82) is 0 Å².